The van der Waals surface area contributed by atoms with Gasteiger partial charge < -0.3 is 5.11 Å². The van der Waals surface area contributed by atoms with Crippen LogP contribution in [-0.2, 0) is 10.7 Å². The van der Waals surface area contributed by atoms with E-state index in [1.165, 1.54) is 12.1 Å². The van der Waals surface area contributed by atoms with Gasteiger partial charge in [-0.3, -0.25) is 4.79 Å². The van der Waals surface area contributed by atoms with Gasteiger partial charge in [-0.05, 0) is 11.5 Å². The van der Waals surface area contributed by atoms with Crippen LogP contribution in [0.1, 0.15) is 18.4 Å². The minimum Gasteiger partial charge on any atom is -0.481 e. The molecule has 19 heavy (non-hydrogen) atoms. The van der Waals surface area contributed by atoms with Crippen LogP contribution >= 0.6 is 11.6 Å². The summed E-state index contributed by atoms with van der Waals surface area (Å²) in [7, 11) is 0. The molecule has 2 nitrogen and oxygen atoms in total. The quantitative estimate of drug-likeness (QED) is 0.900. The van der Waals surface area contributed by atoms with Crippen molar-refractivity contribution < 1.29 is 18.7 Å². The molecule has 0 aliphatic heterocycles. The SMILES string of the molecule is O=C(O)CCC(F)(F)c1ccc(Cl)c2ccccc12. The van der Waals surface area contributed by atoms with Gasteiger partial charge in [0.2, 0.25) is 0 Å². The molecule has 0 aliphatic carbocycles. The van der Waals surface area contributed by atoms with E-state index in [9.17, 15) is 13.6 Å². The summed E-state index contributed by atoms with van der Waals surface area (Å²) in [6, 6.07) is 9.25. The first-order valence-corrected chi connectivity index (χ1v) is 6.07. The zero-order chi connectivity index (χ0) is 14.0. The second kappa shape index (κ2) is 5.13. The molecule has 2 aromatic carbocycles. The maximum Gasteiger partial charge on any atom is 0.303 e. The number of alkyl halides is 2. The topological polar surface area (TPSA) is 37.3 Å². The zero-order valence-corrected chi connectivity index (χ0v) is 10.6. The van der Waals surface area contributed by atoms with E-state index < -0.39 is 24.7 Å². The Morgan fingerprint density at radius 3 is 2.42 bits per heavy atom. The van der Waals surface area contributed by atoms with Gasteiger partial charge in [-0.2, -0.15) is 0 Å². The number of aliphatic carboxylic acids is 1. The second-order valence-corrected chi connectivity index (χ2v) is 4.65. The molecule has 0 atom stereocenters. The van der Waals surface area contributed by atoms with E-state index in [0.29, 0.717) is 15.8 Å². The third-order valence-corrected chi connectivity index (χ3v) is 3.25. The van der Waals surface area contributed by atoms with Crippen LogP contribution in [-0.4, -0.2) is 11.1 Å². The lowest BCUT2D eigenvalue weighted by atomic mass is 9.97. The van der Waals surface area contributed by atoms with Crippen molar-refractivity contribution in [2.75, 3.05) is 0 Å². The van der Waals surface area contributed by atoms with Gasteiger partial charge >= 0.3 is 5.97 Å². The van der Waals surface area contributed by atoms with Crippen LogP contribution in [0.5, 0.6) is 0 Å². The van der Waals surface area contributed by atoms with E-state index in [0.717, 1.165) is 0 Å². The molecule has 0 aliphatic rings. The average Bonchev–Trinajstić information content (AvgIpc) is 2.37. The molecule has 100 valence electrons. The highest BCUT2D eigenvalue weighted by Gasteiger charge is 2.33. The molecule has 0 bridgehead atoms. The van der Waals surface area contributed by atoms with E-state index in [1.54, 1.807) is 24.3 Å². The number of rotatable bonds is 4. The van der Waals surface area contributed by atoms with Crippen LogP contribution < -0.4 is 0 Å². The molecular formula is C14H11ClF2O2. The standard InChI is InChI=1S/C14H11ClF2O2/c15-12-6-5-11(9-3-1-2-4-10(9)12)14(16,17)8-7-13(18)19/h1-6H,7-8H2,(H,18,19). The fraction of sp³-hybridized carbons (Fsp3) is 0.214. The van der Waals surface area contributed by atoms with Gasteiger partial charge in [-0.15, -0.1) is 0 Å². The lowest BCUT2D eigenvalue weighted by Gasteiger charge is -2.18. The highest BCUT2D eigenvalue weighted by molar-refractivity contribution is 6.35. The van der Waals surface area contributed by atoms with E-state index >= 15 is 0 Å². The summed E-state index contributed by atoms with van der Waals surface area (Å²) in [5, 5.41) is 9.81. The van der Waals surface area contributed by atoms with E-state index in [-0.39, 0.29) is 5.56 Å². The Kier molecular flexibility index (Phi) is 3.71. The van der Waals surface area contributed by atoms with Crippen molar-refractivity contribution in [3.05, 3.63) is 47.0 Å². The van der Waals surface area contributed by atoms with Gasteiger partial charge in [0.15, 0.2) is 0 Å². The smallest absolute Gasteiger partial charge is 0.303 e. The van der Waals surface area contributed by atoms with Crippen LogP contribution in [0.2, 0.25) is 5.02 Å². The summed E-state index contributed by atoms with van der Waals surface area (Å²) in [4.78, 5) is 10.4. The van der Waals surface area contributed by atoms with Crippen molar-refractivity contribution in [2.45, 2.75) is 18.8 Å². The van der Waals surface area contributed by atoms with Gasteiger partial charge in [0.05, 0.1) is 6.42 Å². The Hall–Kier alpha value is -1.68. The molecule has 2 aromatic rings. The van der Waals surface area contributed by atoms with Gasteiger partial charge in [-0.1, -0.05) is 41.9 Å². The van der Waals surface area contributed by atoms with Gasteiger partial charge in [-0.25, -0.2) is 8.78 Å². The van der Waals surface area contributed by atoms with Crippen LogP contribution in [0.3, 0.4) is 0 Å². The van der Waals surface area contributed by atoms with Gasteiger partial charge in [0.1, 0.15) is 0 Å². The van der Waals surface area contributed by atoms with Gasteiger partial charge in [0, 0.05) is 22.4 Å². The van der Waals surface area contributed by atoms with Crippen LogP contribution in [0, 0.1) is 0 Å². The van der Waals surface area contributed by atoms with Crippen molar-refractivity contribution in [1.29, 1.82) is 0 Å². The van der Waals surface area contributed by atoms with E-state index in [1.807, 2.05) is 0 Å². The number of carboxylic acids is 1. The third kappa shape index (κ3) is 2.84. The number of hydrogen-bond acceptors (Lipinski definition) is 1. The van der Waals surface area contributed by atoms with Crippen molar-refractivity contribution >= 4 is 28.3 Å². The lowest BCUT2D eigenvalue weighted by molar-refractivity contribution is -0.139. The Bertz CT molecular complexity index is 626. The molecule has 0 unspecified atom stereocenters. The highest BCUT2D eigenvalue weighted by Crippen LogP contribution is 2.39. The molecule has 0 amide bonds. The summed E-state index contributed by atoms with van der Waals surface area (Å²) in [5.41, 5.74) is -0.186. The Labute approximate surface area is 113 Å². The Balaban J connectivity index is 2.50. The third-order valence-electron chi connectivity index (χ3n) is 2.92. The molecule has 0 saturated heterocycles. The molecule has 2 rings (SSSR count). The predicted molar refractivity (Wildman–Crippen MR) is 69.7 cm³/mol. The largest absolute Gasteiger partial charge is 0.481 e. The predicted octanol–water partition coefficient (Wildman–Crippen LogP) is 4.45. The minimum absolute atomic E-state index is 0.186. The molecule has 0 spiro atoms. The number of carboxylic acid groups (broad SMARTS) is 1. The number of carbonyl (C=O) groups is 1. The fourth-order valence-electron chi connectivity index (χ4n) is 1.98. The van der Waals surface area contributed by atoms with Crippen molar-refractivity contribution in [3.8, 4) is 0 Å². The Morgan fingerprint density at radius 1 is 1.16 bits per heavy atom. The van der Waals surface area contributed by atoms with Crippen LogP contribution in [0.15, 0.2) is 36.4 Å². The number of halogens is 3. The van der Waals surface area contributed by atoms with Crippen molar-refractivity contribution in [3.63, 3.8) is 0 Å². The molecule has 1 N–H and O–H groups in total. The molecule has 0 heterocycles. The number of benzene rings is 2. The first-order valence-electron chi connectivity index (χ1n) is 5.69. The second-order valence-electron chi connectivity index (χ2n) is 4.24. The minimum atomic E-state index is -3.19. The Morgan fingerprint density at radius 2 is 1.79 bits per heavy atom. The van der Waals surface area contributed by atoms with Crippen molar-refractivity contribution in [2.24, 2.45) is 0 Å². The molecule has 0 radical (unpaired) electrons. The number of fused-ring (bicyclic) bond motifs is 1. The maximum absolute atomic E-state index is 14.1. The molecular weight excluding hydrogens is 274 g/mol. The fourth-order valence-corrected chi connectivity index (χ4v) is 2.21. The number of hydrogen-bond donors (Lipinski definition) is 1. The van der Waals surface area contributed by atoms with E-state index in [2.05, 4.69) is 0 Å². The van der Waals surface area contributed by atoms with E-state index in [4.69, 9.17) is 16.7 Å². The molecule has 0 aromatic heterocycles. The summed E-state index contributed by atoms with van der Waals surface area (Å²) < 4.78 is 28.1. The van der Waals surface area contributed by atoms with Crippen LogP contribution in [0.25, 0.3) is 10.8 Å². The highest BCUT2D eigenvalue weighted by atomic mass is 35.5. The zero-order valence-electron chi connectivity index (χ0n) is 9.87. The average molecular weight is 285 g/mol. The first-order chi connectivity index (χ1) is 8.92. The van der Waals surface area contributed by atoms with Crippen molar-refractivity contribution in [1.82, 2.24) is 0 Å². The summed E-state index contributed by atoms with van der Waals surface area (Å²) in [6.45, 7) is 0. The summed E-state index contributed by atoms with van der Waals surface area (Å²) >= 11 is 5.97. The first kappa shape index (κ1) is 13.7. The molecule has 0 saturated carbocycles. The lowest BCUT2D eigenvalue weighted by Crippen LogP contribution is -2.16. The summed E-state index contributed by atoms with van der Waals surface area (Å²) in [5.74, 6) is -4.43. The summed E-state index contributed by atoms with van der Waals surface area (Å²) in [6.07, 6.45) is -1.31. The van der Waals surface area contributed by atoms with Gasteiger partial charge in [0.25, 0.3) is 5.92 Å². The monoisotopic (exact) mass is 284 g/mol. The molecule has 0 fully saturated rings. The van der Waals surface area contributed by atoms with Crippen LogP contribution in [0.4, 0.5) is 8.78 Å². The molecule has 5 heteroatoms. The maximum atomic E-state index is 14.1. The normalized spacial score (nSPS) is 11.7.